The summed E-state index contributed by atoms with van der Waals surface area (Å²) < 4.78 is 1.68. The third-order valence-electron chi connectivity index (χ3n) is 3.66. The Morgan fingerprint density at radius 2 is 2.15 bits per heavy atom. The molecular formula is C14H15N5O. The molecule has 0 unspecified atom stereocenters. The Bertz CT molecular complexity index is 706. The average molecular weight is 269 g/mol. The van der Waals surface area contributed by atoms with Crippen molar-refractivity contribution in [2.75, 3.05) is 18.8 Å². The normalized spacial score (nSPS) is 14.7. The highest BCUT2D eigenvalue weighted by Gasteiger charge is 2.20. The van der Waals surface area contributed by atoms with Gasteiger partial charge in [0.2, 0.25) is 11.9 Å². The molecule has 1 amide bonds. The van der Waals surface area contributed by atoms with Crippen molar-refractivity contribution in [3.05, 3.63) is 23.8 Å². The molecule has 1 aromatic carbocycles. The number of amides is 1. The predicted octanol–water partition coefficient (Wildman–Crippen LogP) is 1.11. The lowest BCUT2D eigenvalue weighted by molar-refractivity contribution is -0.130. The number of anilines is 1. The highest BCUT2D eigenvalue weighted by atomic mass is 16.2. The number of nitriles is 1. The first-order chi connectivity index (χ1) is 9.69. The van der Waals surface area contributed by atoms with E-state index in [0.717, 1.165) is 31.4 Å². The molecule has 0 bridgehead atoms. The fourth-order valence-corrected chi connectivity index (χ4v) is 2.58. The van der Waals surface area contributed by atoms with E-state index in [1.165, 1.54) is 0 Å². The van der Waals surface area contributed by atoms with Crippen molar-refractivity contribution in [2.45, 2.75) is 19.4 Å². The molecule has 6 heteroatoms. The second-order valence-corrected chi connectivity index (χ2v) is 4.96. The summed E-state index contributed by atoms with van der Waals surface area (Å²) in [5.74, 6) is 0.360. The molecule has 6 nitrogen and oxygen atoms in total. The highest BCUT2D eigenvalue weighted by Crippen LogP contribution is 2.20. The van der Waals surface area contributed by atoms with Crippen molar-refractivity contribution in [1.82, 2.24) is 14.5 Å². The standard InChI is InChI=1S/C14H15N5O/c15-8-10-3-4-11-12(7-10)19(14(16)17-11)9-13(20)18-5-1-2-6-18/h3-4,7H,1-2,5-6,9H2,(H2,16,17). The number of carbonyl (C=O) groups excluding carboxylic acids is 1. The summed E-state index contributed by atoms with van der Waals surface area (Å²) in [4.78, 5) is 18.3. The maximum Gasteiger partial charge on any atom is 0.242 e. The molecule has 0 aliphatic carbocycles. The van der Waals surface area contributed by atoms with E-state index in [1.54, 1.807) is 22.8 Å². The summed E-state index contributed by atoms with van der Waals surface area (Å²) in [5, 5.41) is 8.96. The zero-order valence-corrected chi connectivity index (χ0v) is 11.0. The van der Waals surface area contributed by atoms with Gasteiger partial charge in [0, 0.05) is 13.1 Å². The van der Waals surface area contributed by atoms with Crippen LogP contribution in [0.5, 0.6) is 0 Å². The van der Waals surface area contributed by atoms with E-state index < -0.39 is 0 Å². The van der Waals surface area contributed by atoms with E-state index in [2.05, 4.69) is 11.1 Å². The maximum atomic E-state index is 12.2. The minimum Gasteiger partial charge on any atom is -0.369 e. The van der Waals surface area contributed by atoms with Crippen molar-refractivity contribution < 1.29 is 4.79 Å². The van der Waals surface area contributed by atoms with Gasteiger partial charge >= 0.3 is 0 Å². The predicted molar refractivity (Wildman–Crippen MR) is 74.7 cm³/mol. The van der Waals surface area contributed by atoms with Gasteiger partial charge in [0.05, 0.1) is 22.7 Å². The van der Waals surface area contributed by atoms with Crippen molar-refractivity contribution in [3.63, 3.8) is 0 Å². The second kappa shape index (κ2) is 4.85. The van der Waals surface area contributed by atoms with Crippen LogP contribution in [0, 0.1) is 11.3 Å². The van der Waals surface area contributed by atoms with Crippen LogP contribution in [0.25, 0.3) is 11.0 Å². The number of nitrogens with two attached hydrogens (primary N) is 1. The molecular weight excluding hydrogens is 254 g/mol. The summed E-state index contributed by atoms with van der Waals surface area (Å²) in [6, 6.07) is 7.25. The van der Waals surface area contributed by atoms with Gasteiger partial charge in [0.1, 0.15) is 6.54 Å². The number of benzene rings is 1. The van der Waals surface area contributed by atoms with E-state index in [1.807, 2.05) is 4.90 Å². The van der Waals surface area contributed by atoms with Crippen LogP contribution in [0.4, 0.5) is 5.95 Å². The number of hydrogen-bond acceptors (Lipinski definition) is 4. The summed E-state index contributed by atoms with van der Waals surface area (Å²) >= 11 is 0. The zero-order valence-electron chi connectivity index (χ0n) is 11.0. The van der Waals surface area contributed by atoms with Crippen LogP contribution in [0.1, 0.15) is 18.4 Å². The third-order valence-corrected chi connectivity index (χ3v) is 3.66. The Balaban J connectivity index is 1.95. The van der Waals surface area contributed by atoms with Gasteiger partial charge in [-0.05, 0) is 31.0 Å². The number of likely N-dealkylation sites (tertiary alicyclic amines) is 1. The Kier molecular flexibility index (Phi) is 3.03. The van der Waals surface area contributed by atoms with Gasteiger partial charge in [0.25, 0.3) is 0 Å². The number of nitrogen functional groups attached to an aromatic ring is 1. The summed E-state index contributed by atoms with van der Waals surface area (Å²) in [7, 11) is 0. The first-order valence-electron chi connectivity index (χ1n) is 6.62. The smallest absolute Gasteiger partial charge is 0.242 e. The minimum absolute atomic E-state index is 0.0517. The Hall–Kier alpha value is -2.55. The van der Waals surface area contributed by atoms with Crippen LogP contribution in [0.15, 0.2) is 18.2 Å². The van der Waals surface area contributed by atoms with E-state index in [4.69, 9.17) is 11.0 Å². The van der Waals surface area contributed by atoms with Crippen LogP contribution < -0.4 is 5.73 Å². The van der Waals surface area contributed by atoms with Gasteiger partial charge in [-0.15, -0.1) is 0 Å². The maximum absolute atomic E-state index is 12.2. The fraction of sp³-hybridized carbons (Fsp3) is 0.357. The molecule has 1 fully saturated rings. The lowest BCUT2D eigenvalue weighted by atomic mass is 10.2. The van der Waals surface area contributed by atoms with Crippen molar-refractivity contribution >= 4 is 22.9 Å². The molecule has 0 spiro atoms. The third kappa shape index (κ3) is 2.07. The van der Waals surface area contributed by atoms with Crippen molar-refractivity contribution in [3.8, 4) is 6.07 Å². The van der Waals surface area contributed by atoms with Gasteiger partial charge in [-0.2, -0.15) is 5.26 Å². The lowest BCUT2D eigenvalue weighted by Crippen LogP contribution is -2.31. The monoisotopic (exact) mass is 269 g/mol. The Labute approximate surface area is 116 Å². The first-order valence-corrected chi connectivity index (χ1v) is 6.62. The van der Waals surface area contributed by atoms with E-state index in [9.17, 15) is 4.79 Å². The molecule has 3 rings (SSSR count). The highest BCUT2D eigenvalue weighted by molar-refractivity contribution is 5.83. The van der Waals surface area contributed by atoms with Crippen LogP contribution in [-0.4, -0.2) is 33.4 Å². The van der Waals surface area contributed by atoms with Gasteiger partial charge < -0.3 is 15.2 Å². The average Bonchev–Trinajstić information content (AvgIpc) is 3.07. The fourth-order valence-electron chi connectivity index (χ4n) is 2.58. The number of aromatic nitrogens is 2. The van der Waals surface area contributed by atoms with Crippen molar-refractivity contribution in [1.29, 1.82) is 5.26 Å². The number of imidazole rings is 1. The van der Waals surface area contributed by atoms with Crippen LogP contribution >= 0.6 is 0 Å². The zero-order chi connectivity index (χ0) is 14.1. The van der Waals surface area contributed by atoms with Crippen LogP contribution in [0.2, 0.25) is 0 Å². The molecule has 1 aromatic heterocycles. The first kappa shape index (κ1) is 12.5. The van der Waals surface area contributed by atoms with Gasteiger partial charge in [0.15, 0.2) is 0 Å². The molecule has 0 saturated carbocycles. The molecule has 2 heterocycles. The number of nitrogens with zero attached hydrogens (tertiary/aromatic N) is 4. The molecule has 1 saturated heterocycles. The molecule has 102 valence electrons. The number of rotatable bonds is 2. The van der Waals surface area contributed by atoms with Crippen LogP contribution in [0.3, 0.4) is 0 Å². The largest absolute Gasteiger partial charge is 0.369 e. The number of fused-ring (bicyclic) bond motifs is 1. The van der Waals surface area contributed by atoms with Gasteiger partial charge in [-0.1, -0.05) is 0 Å². The Morgan fingerprint density at radius 1 is 1.40 bits per heavy atom. The molecule has 0 radical (unpaired) electrons. The minimum atomic E-state index is 0.0517. The molecule has 0 atom stereocenters. The number of carbonyl (C=O) groups is 1. The molecule has 20 heavy (non-hydrogen) atoms. The summed E-state index contributed by atoms with van der Waals surface area (Å²) in [5.41, 5.74) is 7.86. The Morgan fingerprint density at radius 3 is 2.85 bits per heavy atom. The van der Waals surface area contributed by atoms with Crippen molar-refractivity contribution in [2.24, 2.45) is 0 Å². The van der Waals surface area contributed by atoms with Gasteiger partial charge in [-0.3, -0.25) is 4.79 Å². The van der Waals surface area contributed by atoms with Crippen LogP contribution in [-0.2, 0) is 11.3 Å². The topological polar surface area (TPSA) is 87.9 Å². The quantitative estimate of drug-likeness (QED) is 0.884. The van der Waals surface area contributed by atoms with E-state index in [0.29, 0.717) is 17.0 Å². The molecule has 1 aliphatic rings. The number of hydrogen-bond donors (Lipinski definition) is 1. The van der Waals surface area contributed by atoms with E-state index in [-0.39, 0.29) is 12.5 Å². The lowest BCUT2D eigenvalue weighted by Gasteiger charge is -2.16. The second-order valence-electron chi connectivity index (χ2n) is 4.96. The SMILES string of the molecule is N#Cc1ccc2nc(N)n(CC(=O)N3CCCC3)c2c1. The van der Waals surface area contributed by atoms with E-state index >= 15 is 0 Å². The van der Waals surface area contributed by atoms with Gasteiger partial charge in [-0.25, -0.2) is 4.98 Å². The summed E-state index contributed by atoms with van der Waals surface area (Å²) in [6.07, 6.45) is 2.12. The molecule has 1 aliphatic heterocycles. The summed E-state index contributed by atoms with van der Waals surface area (Å²) in [6.45, 7) is 1.81. The molecule has 2 N–H and O–H groups in total. The molecule has 2 aromatic rings.